The molecule has 0 spiro atoms. The molecule has 0 saturated heterocycles. The van der Waals surface area contributed by atoms with E-state index in [0.29, 0.717) is 0 Å². The molecule has 5 heteroatoms. The van der Waals surface area contributed by atoms with Crippen molar-refractivity contribution in [2.75, 3.05) is 6.54 Å². The molecule has 0 saturated carbocycles. The zero-order valence-corrected chi connectivity index (χ0v) is 11.2. The van der Waals surface area contributed by atoms with Crippen molar-refractivity contribution in [2.45, 2.75) is 20.4 Å². The van der Waals surface area contributed by atoms with Crippen LogP contribution in [0.1, 0.15) is 18.2 Å². The second-order valence-electron chi connectivity index (χ2n) is 4.55. The van der Waals surface area contributed by atoms with Crippen LogP contribution >= 0.6 is 0 Å². The highest BCUT2D eigenvalue weighted by atomic mass is 15.3. The van der Waals surface area contributed by atoms with Gasteiger partial charge in [0.25, 0.3) is 0 Å². The summed E-state index contributed by atoms with van der Waals surface area (Å²) in [4.78, 5) is 4.67. The maximum atomic E-state index is 4.67. The Balaban J connectivity index is 2.16. The summed E-state index contributed by atoms with van der Waals surface area (Å²) in [5, 5.41) is 7.72. The maximum absolute atomic E-state index is 4.67. The SMILES string of the molecule is CCNCc1c(-n2cc(C)cn2)nc2ccccn12. The molecule has 19 heavy (non-hydrogen) atoms. The number of hydrogen-bond donors (Lipinski definition) is 1. The first-order valence-corrected chi connectivity index (χ1v) is 6.48. The van der Waals surface area contributed by atoms with Gasteiger partial charge >= 0.3 is 0 Å². The van der Waals surface area contributed by atoms with E-state index in [1.54, 1.807) is 0 Å². The molecule has 0 aliphatic carbocycles. The van der Waals surface area contributed by atoms with Crippen LogP contribution in [0, 0.1) is 6.92 Å². The van der Waals surface area contributed by atoms with Gasteiger partial charge in [-0.3, -0.25) is 0 Å². The fourth-order valence-electron chi connectivity index (χ4n) is 2.15. The fourth-order valence-corrected chi connectivity index (χ4v) is 2.15. The van der Waals surface area contributed by atoms with Crippen molar-refractivity contribution in [2.24, 2.45) is 0 Å². The second-order valence-corrected chi connectivity index (χ2v) is 4.55. The minimum absolute atomic E-state index is 0.774. The zero-order chi connectivity index (χ0) is 13.2. The predicted molar refractivity (Wildman–Crippen MR) is 74.4 cm³/mol. The van der Waals surface area contributed by atoms with E-state index in [4.69, 9.17) is 0 Å². The average Bonchev–Trinajstić information content (AvgIpc) is 3.00. The highest BCUT2D eigenvalue weighted by Crippen LogP contribution is 2.16. The Bertz CT molecular complexity index is 695. The van der Waals surface area contributed by atoms with Gasteiger partial charge in [0.15, 0.2) is 5.82 Å². The van der Waals surface area contributed by atoms with Gasteiger partial charge in [-0.2, -0.15) is 5.10 Å². The summed E-state index contributed by atoms with van der Waals surface area (Å²) in [5.41, 5.74) is 3.20. The van der Waals surface area contributed by atoms with Crippen molar-refractivity contribution < 1.29 is 0 Å². The van der Waals surface area contributed by atoms with Crippen LogP contribution in [0.4, 0.5) is 0 Å². The van der Waals surface area contributed by atoms with Crippen LogP contribution in [-0.2, 0) is 6.54 Å². The fraction of sp³-hybridized carbons (Fsp3) is 0.286. The van der Waals surface area contributed by atoms with Crippen LogP contribution in [-0.4, -0.2) is 25.7 Å². The summed E-state index contributed by atoms with van der Waals surface area (Å²) in [6.07, 6.45) is 5.88. The van der Waals surface area contributed by atoms with Gasteiger partial charge in [-0.15, -0.1) is 0 Å². The Labute approximate surface area is 111 Å². The molecule has 3 aromatic heterocycles. The monoisotopic (exact) mass is 255 g/mol. The van der Waals surface area contributed by atoms with Gasteiger partial charge in [0.05, 0.1) is 11.9 Å². The molecule has 0 aliphatic heterocycles. The van der Waals surface area contributed by atoms with Crippen LogP contribution in [0.2, 0.25) is 0 Å². The number of rotatable bonds is 4. The van der Waals surface area contributed by atoms with Gasteiger partial charge in [-0.05, 0) is 31.2 Å². The second kappa shape index (κ2) is 4.85. The molecule has 0 fully saturated rings. The molecule has 98 valence electrons. The van der Waals surface area contributed by atoms with Crippen LogP contribution in [0.15, 0.2) is 36.8 Å². The topological polar surface area (TPSA) is 47.2 Å². The number of nitrogens with one attached hydrogen (secondary N) is 1. The summed E-state index contributed by atoms with van der Waals surface area (Å²) >= 11 is 0. The molecule has 3 heterocycles. The lowest BCUT2D eigenvalue weighted by Crippen LogP contribution is -2.15. The van der Waals surface area contributed by atoms with Gasteiger partial charge in [0.2, 0.25) is 0 Å². The third kappa shape index (κ3) is 2.13. The molecule has 5 nitrogen and oxygen atoms in total. The quantitative estimate of drug-likeness (QED) is 0.775. The third-order valence-electron chi connectivity index (χ3n) is 3.08. The van der Waals surface area contributed by atoms with E-state index in [9.17, 15) is 0 Å². The predicted octanol–water partition coefficient (Wildman–Crippen LogP) is 1.94. The molecule has 0 atom stereocenters. The van der Waals surface area contributed by atoms with E-state index in [0.717, 1.165) is 35.8 Å². The number of nitrogens with zero attached hydrogens (tertiary/aromatic N) is 4. The lowest BCUT2D eigenvalue weighted by atomic mass is 10.4. The third-order valence-corrected chi connectivity index (χ3v) is 3.08. The summed E-state index contributed by atoms with van der Waals surface area (Å²) < 4.78 is 3.95. The van der Waals surface area contributed by atoms with Crippen LogP contribution in [0.3, 0.4) is 0 Å². The van der Waals surface area contributed by atoms with Crippen molar-refractivity contribution >= 4 is 5.65 Å². The molecule has 1 N–H and O–H groups in total. The van der Waals surface area contributed by atoms with E-state index in [1.165, 1.54) is 0 Å². The van der Waals surface area contributed by atoms with Crippen molar-refractivity contribution in [1.29, 1.82) is 0 Å². The molecule has 3 aromatic rings. The maximum Gasteiger partial charge on any atom is 0.176 e. The Morgan fingerprint density at radius 2 is 2.21 bits per heavy atom. The van der Waals surface area contributed by atoms with Crippen LogP contribution in [0.5, 0.6) is 0 Å². The standard InChI is InChI=1S/C14H17N5/c1-3-15-9-12-14(19-10-11(2)8-16-19)17-13-6-4-5-7-18(12)13/h4-8,10,15H,3,9H2,1-2H3. The number of pyridine rings is 1. The van der Waals surface area contributed by atoms with Crippen molar-refractivity contribution in [3.63, 3.8) is 0 Å². The molecule has 0 radical (unpaired) electrons. The van der Waals surface area contributed by atoms with E-state index in [-0.39, 0.29) is 0 Å². The first kappa shape index (κ1) is 11.9. The van der Waals surface area contributed by atoms with E-state index in [1.807, 2.05) is 48.4 Å². The Morgan fingerprint density at radius 1 is 1.32 bits per heavy atom. The van der Waals surface area contributed by atoms with Gasteiger partial charge in [-0.1, -0.05) is 13.0 Å². The van der Waals surface area contributed by atoms with Crippen molar-refractivity contribution in [3.8, 4) is 5.82 Å². The summed E-state index contributed by atoms with van der Waals surface area (Å²) in [7, 11) is 0. The molecule has 0 aliphatic rings. The Kier molecular flexibility index (Phi) is 3.05. The largest absolute Gasteiger partial charge is 0.311 e. The number of aromatic nitrogens is 4. The van der Waals surface area contributed by atoms with E-state index in [2.05, 4.69) is 26.7 Å². The Hall–Kier alpha value is -2.14. The van der Waals surface area contributed by atoms with Crippen LogP contribution in [0.25, 0.3) is 11.5 Å². The number of hydrogen-bond acceptors (Lipinski definition) is 3. The lowest BCUT2D eigenvalue weighted by molar-refractivity contribution is 0.694. The number of fused-ring (bicyclic) bond motifs is 1. The highest BCUT2D eigenvalue weighted by molar-refractivity contribution is 5.48. The average molecular weight is 255 g/mol. The summed E-state index contributed by atoms with van der Waals surface area (Å²) in [5.74, 6) is 0.889. The molecule has 3 rings (SSSR count). The zero-order valence-electron chi connectivity index (χ0n) is 11.2. The summed E-state index contributed by atoms with van der Waals surface area (Å²) in [6, 6.07) is 6.02. The van der Waals surface area contributed by atoms with Gasteiger partial charge < -0.3 is 9.72 Å². The highest BCUT2D eigenvalue weighted by Gasteiger charge is 2.13. The number of aryl methyl sites for hydroxylation is 1. The Morgan fingerprint density at radius 3 is 2.95 bits per heavy atom. The molecule has 0 aromatic carbocycles. The molecular weight excluding hydrogens is 238 g/mol. The molecule has 0 amide bonds. The van der Waals surface area contributed by atoms with Crippen molar-refractivity contribution in [1.82, 2.24) is 24.5 Å². The molecule has 0 bridgehead atoms. The lowest BCUT2D eigenvalue weighted by Gasteiger charge is -2.05. The van der Waals surface area contributed by atoms with Crippen molar-refractivity contribution in [3.05, 3.63) is 48.0 Å². The van der Waals surface area contributed by atoms with Gasteiger partial charge in [0.1, 0.15) is 5.65 Å². The minimum atomic E-state index is 0.774. The molecular formula is C14H17N5. The van der Waals surface area contributed by atoms with E-state index >= 15 is 0 Å². The normalized spacial score (nSPS) is 11.3. The van der Waals surface area contributed by atoms with E-state index < -0.39 is 0 Å². The van der Waals surface area contributed by atoms with Crippen LogP contribution < -0.4 is 5.32 Å². The number of imidazole rings is 1. The first-order chi connectivity index (χ1) is 9.29. The first-order valence-electron chi connectivity index (χ1n) is 6.48. The molecule has 0 unspecified atom stereocenters. The van der Waals surface area contributed by atoms with Gasteiger partial charge in [0, 0.05) is 18.9 Å². The summed E-state index contributed by atoms with van der Waals surface area (Å²) in [6.45, 7) is 5.83. The smallest absolute Gasteiger partial charge is 0.176 e. The minimum Gasteiger partial charge on any atom is -0.311 e. The van der Waals surface area contributed by atoms with Gasteiger partial charge in [-0.25, -0.2) is 9.67 Å².